The molecule has 0 saturated carbocycles. The number of anilines is 1. The van der Waals surface area contributed by atoms with E-state index < -0.39 is 5.82 Å². The number of carbonyl (C=O) groups excluding carboxylic acids is 1. The molecule has 5 heteroatoms. The summed E-state index contributed by atoms with van der Waals surface area (Å²) in [5.74, 6) is -1.18. The highest BCUT2D eigenvalue weighted by Gasteiger charge is 2.15. The van der Waals surface area contributed by atoms with Gasteiger partial charge < -0.3 is 10.6 Å². The zero-order valence-electron chi connectivity index (χ0n) is 11.9. The van der Waals surface area contributed by atoms with Crippen molar-refractivity contribution in [3.8, 4) is 0 Å². The van der Waals surface area contributed by atoms with Crippen molar-refractivity contribution < 1.29 is 13.6 Å². The van der Waals surface area contributed by atoms with Crippen molar-refractivity contribution in [1.29, 1.82) is 0 Å². The highest BCUT2D eigenvalue weighted by atomic mass is 19.1. The molecule has 0 aliphatic rings. The zero-order chi connectivity index (χ0) is 15.6. The van der Waals surface area contributed by atoms with Crippen LogP contribution < -0.4 is 5.73 Å². The van der Waals surface area contributed by atoms with Gasteiger partial charge in [-0.05, 0) is 36.8 Å². The first-order valence-corrected chi connectivity index (χ1v) is 6.44. The van der Waals surface area contributed by atoms with Gasteiger partial charge in [0, 0.05) is 30.4 Å². The van der Waals surface area contributed by atoms with Crippen LogP contribution in [0.25, 0.3) is 0 Å². The Kier molecular flexibility index (Phi) is 4.21. The number of nitrogens with zero attached hydrogens (tertiary/aromatic N) is 1. The van der Waals surface area contributed by atoms with E-state index in [1.165, 1.54) is 29.2 Å². The quantitative estimate of drug-likeness (QED) is 0.883. The molecule has 2 N–H and O–H groups in total. The lowest BCUT2D eigenvalue weighted by molar-refractivity contribution is 0.0784. The average molecular weight is 290 g/mol. The van der Waals surface area contributed by atoms with Gasteiger partial charge >= 0.3 is 0 Å². The Balaban J connectivity index is 2.17. The lowest BCUT2D eigenvalue weighted by Gasteiger charge is -2.18. The molecule has 110 valence electrons. The molecular formula is C16H16F2N2O. The van der Waals surface area contributed by atoms with Crippen molar-refractivity contribution in [1.82, 2.24) is 4.90 Å². The summed E-state index contributed by atoms with van der Waals surface area (Å²) in [5, 5.41) is 0. The minimum absolute atomic E-state index is 0.195. The minimum atomic E-state index is -0.506. The molecule has 0 saturated heterocycles. The second-order valence-electron chi connectivity index (χ2n) is 4.96. The molecule has 2 rings (SSSR count). The number of carbonyl (C=O) groups is 1. The topological polar surface area (TPSA) is 46.3 Å². The van der Waals surface area contributed by atoms with E-state index in [0.29, 0.717) is 12.1 Å². The van der Waals surface area contributed by atoms with Crippen LogP contribution in [-0.4, -0.2) is 17.9 Å². The monoisotopic (exact) mass is 290 g/mol. The Labute approximate surface area is 122 Å². The fourth-order valence-corrected chi connectivity index (χ4v) is 1.98. The molecule has 1 amide bonds. The van der Waals surface area contributed by atoms with E-state index in [2.05, 4.69) is 0 Å². The third kappa shape index (κ3) is 3.37. The van der Waals surface area contributed by atoms with Crippen LogP contribution in [0.2, 0.25) is 0 Å². The fraction of sp³-hybridized carbons (Fsp3) is 0.188. The fourth-order valence-electron chi connectivity index (χ4n) is 1.98. The molecular weight excluding hydrogens is 274 g/mol. The maximum atomic E-state index is 13.6. The summed E-state index contributed by atoms with van der Waals surface area (Å²) >= 11 is 0. The SMILES string of the molecule is Cc1c(N)cc(C(=O)N(C)Cc2ccc(F)cc2)cc1F. The van der Waals surface area contributed by atoms with Gasteiger partial charge in [-0.3, -0.25) is 4.79 Å². The molecule has 0 aliphatic carbocycles. The lowest BCUT2D eigenvalue weighted by Crippen LogP contribution is -2.26. The van der Waals surface area contributed by atoms with Gasteiger partial charge in [0.25, 0.3) is 5.91 Å². The number of benzene rings is 2. The lowest BCUT2D eigenvalue weighted by atomic mass is 10.1. The second kappa shape index (κ2) is 5.91. The summed E-state index contributed by atoms with van der Waals surface area (Å²) < 4.78 is 26.5. The molecule has 0 heterocycles. The van der Waals surface area contributed by atoms with Crippen molar-refractivity contribution in [3.63, 3.8) is 0 Å². The Bertz CT molecular complexity index is 645. The summed E-state index contributed by atoms with van der Waals surface area (Å²) in [6.07, 6.45) is 0. The van der Waals surface area contributed by atoms with Gasteiger partial charge in [0.15, 0.2) is 0 Å². The first-order chi connectivity index (χ1) is 9.88. The third-order valence-electron chi connectivity index (χ3n) is 3.31. The molecule has 0 fully saturated rings. The van der Waals surface area contributed by atoms with Gasteiger partial charge in [0.2, 0.25) is 0 Å². The summed E-state index contributed by atoms with van der Waals surface area (Å²) in [6.45, 7) is 1.86. The van der Waals surface area contributed by atoms with Crippen molar-refractivity contribution in [2.45, 2.75) is 13.5 Å². The van der Waals surface area contributed by atoms with E-state index in [1.54, 1.807) is 26.1 Å². The molecule has 2 aromatic carbocycles. The molecule has 0 unspecified atom stereocenters. The van der Waals surface area contributed by atoms with Crippen LogP contribution in [-0.2, 0) is 6.54 Å². The highest BCUT2D eigenvalue weighted by Crippen LogP contribution is 2.19. The standard InChI is InChI=1S/C16H16F2N2O/c1-10-14(18)7-12(8-15(10)19)16(21)20(2)9-11-3-5-13(17)6-4-11/h3-8H,9,19H2,1-2H3. The maximum absolute atomic E-state index is 13.6. The molecule has 2 aromatic rings. The van der Waals surface area contributed by atoms with Crippen LogP contribution in [0.3, 0.4) is 0 Å². The van der Waals surface area contributed by atoms with E-state index in [0.717, 1.165) is 5.56 Å². The van der Waals surface area contributed by atoms with E-state index in [4.69, 9.17) is 5.73 Å². The molecule has 21 heavy (non-hydrogen) atoms. The van der Waals surface area contributed by atoms with Crippen LogP contribution in [0.5, 0.6) is 0 Å². The van der Waals surface area contributed by atoms with E-state index in [1.807, 2.05) is 0 Å². The van der Waals surface area contributed by atoms with Gasteiger partial charge in [-0.1, -0.05) is 12.1 Å². The second-order valence-corrected chi connectivity index (χ2v) is 4.96. The molecule has 0 aromatic heterocycles. The summed E-state index contributed by atoms with van der Waals surface area (Å²) in [5.41, 5.74) is 7.23. The van der Waals surface area contributed by atoms with Crippen LogP contribution in [0.4, 0.5) is 14.5 Å². The molecule has 3 nitrogen and oxygen atoms in total. The molecule has 0 bridgehead atoms. The van der Waals surface area contributed by atoms with Gasteiger partial charge in [0.05, 0.1) is 0 Å². The molecule has 0 radical (unpaired) electrons. The van der Waals surface area contributed by atoms with Gasteiger partial charge in [-0.15, -0.1) is 0 Å². The number of hydrogen-bond donors (Lipinski definition) is 1. The van der Waals surface area contributed by atoms with E-state index in [9.17, 15) is 13.6 Å². The molecule has 0 spiro atoms. The zero-order valence-corrected chi connectivity index (χ0v) is 11.9. The summed E-state index contributed by atoms with van der Waals surface area (Å²) in [7, 11) is 1.60. The van der Waals surface area contributed by atoms with Gasteiger partial charge in [-0.25, -0.2) is 8.78 Å². The van der Waals surface area contributed by atoms with Crippen LogP contribution in [0.1, 0.15) is 21.5 Å². The Hall–Kier alpha value is -2.43. The van der Waals surface area contributed by atoms with E-state index in [-0.39, 0.29) is 23.0 Å². The largest absolute Gasteiger partial charge is 0.398 e. The van der Waals surface area contributed by atoms with Gasteiger partial charge in [-0.2, -0.15) is 0 Å². The Morgan fingerprint density at radius 2 is 1.81 bits per heavy atom. The Morgan fingerprint density at radius 3 is 2.38 bits per heavy atom. The van der Waals surface area contributed by atoms with Crippen molar-refractivity contribution in [2.75, 3.05) is 12.8 Å². The summed E-state index contributed by atoms with van der Waals surface area (Å²) in [4.78, 5) is 13.7. The first-order valence-electron chi connectivity index (χ1n) is 6.44. The number of hydrogen-bond acceptors (Lipinski definition) is 2. The minimum Gasteiger partial charge on any atom is -0.398 e. The van der Waals surface area contributed by atoms with E-state index >= 15 is 0 Å². The van der Waals surface area contributed by atoms with Gasteiger partial charge in [0.1, 0.15) is 11.6 Å². The smallest absolute Gasteiger partial charge is 0.254 e. The number of amides is 1. The van der Waals surface area contributed by atoms with Crippen LogP contribution in [0, 0.1) is 18.6 Å². The van der Waals surface area contributed by atoms with Crippen LogP contribution >= 0.6 is 0 Å². The number of rotatable bonds is 3. The first kappa shape index (κ1) is 15.0. The highest BCUT2D eigenvalue weighted by molar-refractivity contribution is 5.95. The normalized spacial score (nSPS) is 10.5. The summed E-state index contributed by atoms with van der Waals surface area (Å²) in [6, 6.07) is 8.50. The van der Waals surface area contributed by atoms with Crippen molar-refractivity contribution in [3.05, 3.63) is 64.7 Å². The molecule has 0 atom stereocenters. The van der Waals surface area contributed by atoms with Crippen LogP contribution in [0.15, 0.2) is 36.4 Å². The maximum Gasteiger partial charge on any atom is 0.254 e. The number of nitrogen functional groups attached to an aromatic ring is 1. The third-order valence-corrected chi connectivity index (χ3v) is 3.31. The van der Waals surface area contributed by atoms with Crippen molar-refractivity contribution >= 4 is 11.6 Å². The Morgan fingerprint density at radius 1 is 1.19 bits per heavy atom. The van der Waals surface area contributed by atoms with Crippen molar-refractivity contribution in [2.24, 2.45) is 0 Å². The predicted octanol–water partition coefficient (Wildman–Crippen LogP) is 3.13. The molecule has 0 aliphatic heterocycles. The average Bonchev–Trinajstić information content (AvgIpc) is 2.45. The predicted molar refractivity (Wildman–Crippen MR) is 77.7 cm³/mol. The number of halogens is 2. The number of nitrogens with two attached hydrogens (primary N) is 1.